The van der Waals surface area contributed by atoms with Crippen molar-refractivity contribution in [3.63, 3.8) is 0 Å². The minimum atomic E-state index is -0.441. The highest BCUT2D eigenvalue weighted by molar-refractivity contribution is 6.21. The van der Waals surface area contributed by atoms with E-state index in [0.717, 1.165) is 5.56 Å². The summed E-state index contributed by atoms with van der Waals surface area (Å²) in [7, 11) is 1.35. The predicted octanol–water partition coefficient (Wildman–Crippen LogP) is 2.37. The Morgan fingerprint density at radius 2 is 1.89 bits per heavy atom. The lowest BCUT2D eigenvalue weighted by Gasteiger charge is -2.23. The zero-order chi connectivity index (χ0) is 18.4. The number of furan rings is 1. The van der Waals surface area contributed by atoms with Crippen molar-refractivity contribution in [3.05, 3.63) is 59.5 Å². The van der Waals surface area contributed by atoms with Crippen molar-refractivity contribution in [2.24, 2.45) is 10.8 Å². The molecular weight excluding hydrogens is 370 g/mol. The van der Waals surface area contributed by atoms with Crippen LogP contribution in [-0.2, 0) is 14.3 Å². The Hall–Kier alpha value is -2.77. The number of nitrogens with zero attached hydrogens (tertiary/aromatic N) is 2. The number of nitrogens with two attached hydrogens (primary N) is 1. The van der Waals surface area contributed by atoms with E-state index in [4.69, 9.17) is 19.6 Å². The molecular formula is C19H22ClN3O4. The number of methoxy groups -OCH3 is 1. The SMILES string of the molecule is COC(=O)/C(=C/c1ccc(/C(N)=N\N2CCOCC2)o1)c1ccccc1.Cl. The first kappa shape index (κ1) is 20.5. The van der Waals surface area contributed by atoms with Gasteiger partial charge in [0.1, 0.15) is 5.76 Å². The van der Waals surface area contributed by atoms with Crippen LogP contribution in [0.1, 0.15) is 17.1 Å². The van der Waals surface area contributed by atoms with Crippen molar-refractivity contribution in [1.29, 1.82) is 0 Å². The molecule has 2 N–H and O–H groups in total. The van der Waals surface area contributed by atoms with Crippen LogP contribution < -0.4 is 5.73 Å². The Labute approximate surface area is 163 Å². The maximum Gasteiger partial charge on any atom is 0.338 e. The van der Waals surface area contributed by atoms with Gasteiger partial charge in [0.15, 0.2) is 11.6 Å². The topological polar surface area (TPSA) is 90.3 Å². The lowest BCUT2D eigenvalue weighted by molar-refractivity contribution is -0.133. The first-order valence-electron chi connectivity index (χ1n) is 8.30. The van der Waals surface area contributed by atoms with Crippen LogP contribution >= 0.6 is 12.4 Å². The summed E-state index contributed by atoms with van der Waals surface area (Å²) in [4.78, 5) is 12.1. The van der Waals surface area contributed by atoms with Crippen molar-refractivity contribution < 1.29 is 18.7 Å². The highest BCUT2D eigenvalue weighted by atomic mass is 35.5. The largest absolute Gasteiger partial charge is 0.465 e. The summed E-state index contributed by atoms with van der Waals surface area (Å²) in [5.41, 5.74) is 7.17. The molecule has 0 amide bonds. The molecule has 0 atom stereocenters. The van der Waals surface area contributed by atoms with Gasteiger partial charge < -0.3 is 19.6 Å². The number of esters is 1. The number of carbonyl (C=O) groups excluding carboxylic acids is 1. The average molecular weight is 392 g/mol. The fourth-order valence-electron chi connectivity index (χ4n) is 2.55. The van der Waals surface area contributed by atoms with Gasteiger partial charge in [-0.05, 0) is 23.8 Å². The standard InChI is InChI=1S/C19H21N3O4.ClH/c1-24-19(23)16(14-5-3-2-4-6-14)13-15-7-8-17(26-15)18(20)21-22-9-11-25-12-10-22;/h2-8,13H,9-12H2,1H3,(H2,20,21);1H/b16-13+;. The average Bonchev–Trinajstić information content (AvgIpc) is 3.16. The number of hydrogen-bond acceptors (Lipinski definition) is 6. The molecule has 1 fully saturated rings. The second-order valence-corrected chi connectivity index (χ2v) is 5.67. The number of hydrazone groups is 1. The third kappa shape index (κ3) is 5.35. The van der Waals surface area contributed by atoms with Gasteiger partial charge >= 0.3 is 5.97 Å². The molecule has 8 heteroatoms. The Morgan fingerprint density at radius 1 is 1.19 bits per heavy atom. The number of ether oxygens (including phenoxy) is 2. The molecule has 0 saturated carbocycles. The monoisotopic (exact) mass is 391 g/mol. The first-order valence-corrected chi connectivity index (χ1v) is 8.30. The summed E-state index contributed by atoms with van der Waals surface area (Å²) in [5.74, 6) is 0.777. The molecule has 1 aliphatic rings. The van der Waals surface area contributed by atoms with Gasteiger partial charge in [-0.1, -0.05) is 30.3 Å². The van der Waals surface area contributed by atoms with Crippen molar-refractivity contribution >= 4 is 35.9 Å². The van der Waals surface area contributed by atoms with Gasteiger partial charge in [0.2, 0.25) is 0 Å². The fraction of sp³-hybridized carbons (Fsp3) is 0.263. The summed E-state index contributed by atoms with van der Waals surface area (Å²) in [6, 6.07) is 12.7. The minimum absolute atomic E-state index is 0. The minimum Gasteiger partial charge on any atom is -0.465 e. The van der Waals surface area contributed by atoms with E-state index in [9.17, 15) is 4.79 Å². The van der Waals surface area contributed by atoms with Crippen LogP contribution in [0.4, 0.5) is 0 Å². The quantitative estimate of drug-likeness (QED) is 0.364. The molecule has 0 radical (unpaired) electrons. The fourth-order valence-corrected chi connectivity index (χ4v) is 2.55. The summed E-state index contributed by atoms with van der Waals surface area (Å²) in [6.45, 7) is 2.63. The maximum absolute atomic E-state index is 12.1. The van der Waals surface area contributed by atoms with E-state index < -0.39 is 5.97 Å². The molecule has 1 aliphatic heterocycles. The number of carbonyl (C=O) groups is 1. The van der Waals surface area contributed by atoms with Gasteiger partial charge in [0, 0.05) is 0 Å². The zero-order valence-electron chi connectivity index (χ0n) is 15.0. The summed E-state index contributed by atoms with van der Waals surface area (Å²) in [5, 5.41) is 6.20. The van der Waals surface area contributed by atoms with E-state index in [-0.39, 0.29) is 18.2 Å². The molecule has 0 bridgehead atoms. The van der Waals surface area contributed by atoms with Crippen molar-refractivity contribution in [3.8, 4) is 0 Å². The van der Waals surface area contributed by atoms with Crippen molar-refractivity contribution in [1.82, 2.24) is 5.01 Å². The highest BCUT2D eigenvalue weighted by Gasteiger charge is 2.15. The predicted molar refractivity (Wildman–Crippen MR) is 105 cm³/mol. The molecule has 2 aromatic rings. The van der Waals surface area contributed by atoms with Crippen LogP contribution in [0.5, 0.6) is 0 Å². The summed E-state index contributed by atoms with van der Waals surface area (Å²) in [6.07, 6.45) is 1.63. The van der Waals surface area contributed by atoms with E-state index in [1.165, 1.54) is 7.11 Å². The molecule has 144 valence electrons. The maximum atomic E-state index is 12.1. The van der Waals surface area contributed by atoms with Gasteiger partial charge in [-0.15, -0.1) is 12.4 Å². The normalized spacial score (nSPS) is 15.2. The van der Waals surface area contributed by atoms with E-state index in [2.05, 4.69) is 5.10 Å². The van der Waals surface area contributed by atoms with Crippen molar-refractivity contribution in [2.75, 3.05) is 33.4 Å². The van der Waals surface area contributed by atoms with Gasteiger partial charge in [-0.3, -0.25) is 5.01 Å². The van der Waals surface area contributed by atoms with Crippen molar-refractivity contribution in [2.45, 2.75) is 0 Å². The van der Waals surface area contributed by atoms with E-state index in [1.807, 2.05) is 35.3 Å². The number of morpholine rings is 1. The van der Waals surface area contributed by atoms with Gasteiger partial charge in [0.05, 0.1) is 39.0 Å². The van der Waals surface area contributed by atoms with Crippen LogP contribution in [0.3, 0.4) is 0 Å². The molecule has 0 spiro atoms. The smallest absolute Gasteiger partial charge is 0.338 e. The van der Waals surface area contributed by atoms with Gasteiger partial charge in [-0.25, -0.2) is 4.79 Å². The third-order valence-corrected chi connectivity index (χ3v) is 3.89. The number of halogens is 1. The lowest BCUT2D eigenvalue weighted by atomic mass is 10.1. The molecule has 0 unspecified atom stereocenters. The third-order valence-electron chi connectivity index (χ3n) is 3.89. The van der Waals surface area contributed by atoms with E-state index in [1.54, 1.807) is 18.2 Å². The Bertz CT molecular complexity index is 811. The number of hydrogen-bond donors (Lipinski definition) is 1. The second-order valence-electron chi connectivity index (χ2n) is 5.67. The van der Waals surface area contributed by atoms with Gasteiger partial charge in [0.25, 0.3) is 0 Å². The molecule has 3 rings (SSSR count). The molecule has 27 heavy (non-hydrogen) atoms. The Morgan fingerprint density at radius 3 is 2.56 bits per heavy atom. The molecule has 1 aromatic carbocycles. The van der Waals surface area contributed by atoms with E-state index >= 15 is 0 Å². The molecule has 1 aromatic heterocycles. The van der Waals surface area contributed by atoms with Crippen LogP contribution in [-0.4, -0.2) is 50.2 Å². The molecule has 2 heterocycles. The Balaban J connectivity index is 0.00000261. The first-order chi connectivity index (χ1) is 12.7. The number of benzene rings is 1. The van der Waals surface area contributed by atoms with Gasteiger partial charge in [-0.2, -0.15) is 5.10 Å². The highest BCUT2D eigenvalue weighted by Crippen LogP contribution is 2.21. The Kier molecular flexibility index (Phi) is 7.45. The summed E-state index contributed by atoms with van der Waals surface area (Å²) >= 11 is 0. The van der Waals surface area contributed by atoms with E-state index in [0.29, 0.717) is 43.4 Å². The molecule has 1 saturated heterocycles. The van der Waals surface area contributed by atoms with Crippen LogP contribution in [0, 0.1) is 0 Å². The summed E-state index contributed by atoms with van der Waals surface area (Å²) < 4.78 is 15.9. The van der Waals surface area contributed by atoms with Crippen LogP contribution in [0.15, 0.2) is 52.0 Å². The number of rotatable bonds is 5. The second kappa shape index (κ2) is 9.80. The molecule has 7 nitrogen and oxygen atoms in total. The van der Waals surface area contributed by atoms with Crippen LogP contribution in [0.25, 0.3) is 11.6 Å². The molecule has 0 aliphatic carbocycles. The lowest BCUT2D eigenvalue weighted by Crippen LogP contribution is -2.34. The van der Waals surface area contributed by atoms with Crippen LogP contribution in [0.2, 0.25) is 0 Å². The zero-order valence-corrected chi connectivity index (χ0v) is 15.8. The number of amidine groups is 1.